The zero-order valence-corrected chi connectivity index (χ0v) is 8.89. The molecule has 0 radical (unpaired) electrons. The zero-order valence-electron chi connectivity index (χ0n) is 8.89. The fourth-order valence-corrected chi connectivity index (χ4v) is 1.74. The van der Waals surface area contributed by atoms with Gasteiger partial charge in [-0.15, -0.1) is 0 Å². The minimum atomic E-state index is 0.257. The molecule has 1 aliphatic rings. The molecule has 1 rings (SSSR count). The van der Waals surface area contributed by atoms with Gasteiger partial charge in [-0.2, -0.15) is 0 Å². The summed E-state index contributed by atoms with van der Waals surface area (Å²) in [4.78, 5) is 4.76. The van der Waals surface area contributed by atoms with E-state index in [0.29, 0.717) is 0 Å². The average Bonchev–Trinajstić information content (AvgIpc) is 2.29. The molecule has 2 heteroatoms. The van der Waals surface area contributed by atoms with E-state index in [0.717, 1.165) is 13.1 Å². The first kappa shape index (κ1) is 9.43. The van der Waals surface area contributed by atoms with Gasteiger partial charge >= 0.3 is 0 Å². The van der Waals surface area contributed by atoms with E-state index in [1.165, 1.54) is 5.82 Å². The van der Waals surface area contributed by atoms with Crippen LogP contribution in [0.15, 0.2) is 11.9 Å². The van der Waals surface area contributed by atoms with Gasteiger partial charge < -0.3 is 9.80 Å². The van der Waals surface area contributed by atoms with Gasteiger partial charge in [0.05, 0.1) is 5.82 Å². The summed E-state index contributed by atoms with van der Waals surface area (Å²) in [5, 5.41) is 0. The van der Waals surface area contributed by atoms with E-state index in [2.05, 4.69) is 50.6 Å². The van der Waals surface area contributed by atoms with E-state index in [1.54, 1.807) is 0 Å². The third-order valence-corrected chi connectivity index (χ3v) is 2.39. The van der Waals surface area contributed by atoms with Crippen molar-refractivity contribution >= 4 is 0 Å². The third-order valence-electron chi connectivity index (χ3n) is 2.39. The third kappa shape index (κ3) is 1.57. The van der Waals surface area contributed by atoms with Crippen molar-refractivity contribution in [3.05, 3.63) is 11.9 Å². The van der Waals surface area contributed by atoms with Gasteiger partial charge in [0.15, 0.2) is 0 Å². The largest absolute Gasteiger partial charge is 0.360 e. The predicted molar refractivity (Wildman–Crippen MR) is 52.8 cm³/mol. The summed E-state index contributed by atoms with van der Waals surface area (Å²) in [6.07, 6.45) is 2.19. The fraction of sp³-hybridized carbons (Fsp3) is 0.800. The van der Waals surface area contributed by atoms with Crippen molar-refractivity contribution < 1.29 is 0 Å². The topological polar surface area (TPSA) is 6.48 Å². The number of nitrogens with zero attached hydrogens (tertiary/aromatic N) is 2. The van der Waals surface area contributed by atoms with E-state index in [-0.39, 0.29) is 5.54 Å². The van der Waals surface area contributed by atoms with Gasteiger partial charge in [0.2, 0.25) is 0 Å². The van der Waals surface area contributed by atoms with Crippen LogP contribution in [0.3, 0.4) is 0 Å². The highest BCUT2D eigenvalue weighted by atomic mass is 15.4. The maximum Gasteiger partial charge on any atom is 0.0998 e. The minimum absolute atomic E-state index is 0.257. The van der Waals surface area contributed by atoms with Crippen molar-refractivity contribution in [1.82, 2.24) is 9.80 Å². The lowest BCUT2D eigenvalue weighted by atomic mass is 10.1. The zero-order chi connectivity index (χ0) is 9.35. The molecule has 0 aromatic carbocycles. The number of hydrogen-bond acceptors (Lipinski definition) is 2. The molecule has 12 heavy (non-hydrogen) atoms. The molecule has 0 aliphatic carbocycles. The van der Waals surface area contributed by atoms with E-state index < -0.39 is 0 Å². The van der Waals surface area contributed by atoms with Crippen molar-refractivity contribution in [2.24, 2.45) is 0 Å². The van der Waals surface area contributed by atoms with Crippen molar-refractivity contribution in [2.45, 2.75) is 33.2 Å². The normalized spacial score (nSPS) is 22.6. The molecule has 1 fully saturated rings. The highest BCUT2D eigenvalue weighted by Gasteiger charge is 2.29. The van der Waals surface area contributed by atoms with Crippen LogP contribution in [0.4, 0.5) is 0 Å². The Balaban J connectivity index is 2.81. The Bertz CT molecular complexity index is 189. The second kappa shape index (κ2) is 3.00. The van der Waals surface area contributed by atoms with Crippen LogP contribution in [0.1, 0.15) is 27.7 Å². The van der Waals surface area contributed by atoms with Crippen molar-refractivity contribution in [2.75, 3.05) is 20.1 Å². The lowest BCUT2D eigenvalue weighted by Crippen LogP contribution is -2.38. The molecular formula is C10H20N2. The van der Waals surface area contributed by atoms with Gasteiger partial charge in [-0.3, -0.25) is 0 Å². The lowest BCUT2D eigenvalue weighted by molar-refractivity contribution is 0.203. The summed E-state index contributed by atoms with van der Waals surface area (Å²) >= 11 is 0. The van der Waals surface area contributed by atoms with Gasteiger partial charge in [-0.05, 0) is 33.8 Å². The van der Waals surface area contributed by atoms with Crippen molar-refractivity contribution in [3.63, 3.8) is 0 Å². The Morgan fingerprint density at radius 2 is 1.83 bits per heavy atom. The molecule has 1 heterocycles. The lowest BCUT2D eigenvalue weighted by Gasteiger charge is -2.35. The molecule has 0 unspecified atom stereocenters. The molecule has 0 bridgehead atoms. The first-order valence-corrected chi connectivity index (χ1v) is 4.62. The maximum atomic E-state index is 2.45. The molecule has 0 aromatic heterocycles. The molecule has 2 nitrogen and oxygen atoms in total. The Morgan fingerprint density at radius 3 is 2.17 bits per heavy atom. The monoisotopic (exact) mass is 168 g/mol. The van der Waals surface area contributed by atoms with E-state index in [4.69, 9.17) is 0 Å². The van der Waals surface area contributed by atoms with Crippen LogP contribution >= 0.6 is 0 Å². The molecule has 0 spiro atoms. The van der Waals surface area contributed by atoms with Crippen LogP contribution in [0, 0.1) is 0 Å². The summed E-state index contributed by atoms with van der Waals surface area (Å²) in [5.74, 6) is 1.36. The highest BCUT2D eigenvalue weighted by molar-refractivity contribution is 5.07. The van der Waals surface area contributed by atoms with Gasteiger partial charge in [-0.1, -0.05) is 0 Å². The molecular weight excluding hydrogens is 148 g/mol. The Kier molecular flexibility index (Phi) is 2.36. The quantitative estimate of drug-likeness (QED) is 0.545. The summed E-state index contributed by atoms with van der Waals surface area (Å²) in [7, 11) is 2.15. The molecule has 0 N–H and O–H groups in total. The fourth-order valence-electron chi connectivity index (χ4n) is 1.74. The minimum Gasteiger partial charge on any atom is -0.360 e. The van der Waals surface area contributed by atoms with E-state index >= 15 is 0 Å². The van der Waals surface area contributed by atoms with Gasteiger partial charge in [0.25, 0.3) is 0 Å². The Hall–Kier alpha value is -0.660. The maximum absolute atomic E-state index is 2.45. The highest BCUT2D eigenvalue weighted by Crippen LogP contribution is 2.25. The van der Waals surface area contributed by atoms with Crippen LogP contribution in [-0.2, 0) is 0 Å². The van der Waals surface area contributed by atoms with Crippen LogP contribution < -0.4 is 0 Å². The van der Waals surface area contributed by atoms with E-state index in [9.17, 15) is 0 Å². The van der Waals surface area contributed by atoms with Gasteiger partial charge in [-0.25, -0.2) is 0 Å². The van der Waals surface area contributed by atoms with Crippen LogP contribution in [0.25, 0.3) is 0 Å². The first-order chi connectivity index (χ1) is 5.46. The smallest absolute Gasteiger partial charge is 0.0998 e. The SMILES string of the molecule is C/C=C1/N(C)CCN1C(C)(C)C. The standard InChI is InChI=1S/C10H20N2/c1-6-9-11(5)7-8-12(9)10(2,3)4/h6H,7-8H2,1-5H3/b9-6-. The van der Waals surface area contributed by atoms with Crippen LogP contribution in [0.5, 0.6) is 0 Å². The number of hydrogen-bond donors (Lipinski definition) is 0. The second-order valence-electron chi connectivity index (χ2n) is 4.39. The van der Waals surface area contributed by atoms with Crippen molar-refractivity contribution in [3.8, 4) is 0 Å². The number of allylic oxidation sites excluding steroid dienone is 1. The first-order valence-electron chi connectivity index (χ1n) is 4.62. The van der Waals surface area contributed by atoms with E-state index in [1.807, 2.05) is 0 Å². The summed E-state index contributed by atoms with van der Waals surface area (Å²) in [6, 6.07) is 0. The predicted octanol–water partition coefficient (Wildman–Crippen LogP) is 1.89. The summed E-state index contributed by atoms with van der Waals surface area (Å²) in [6.45, 7) is 11.2. The molecule has 0 amide bonds. The van der Waals surface area contributed by atoms with Gasteiger partial charge in [0.1, 0.15) is 0 Å². The van der Waals surface area contributed by atoms with Crippen LogP contribution in [-0.4, -0.2) is 35.5 Å². The molecule has 1 aliphatic heterocycles. The Morgan fingerprint density at radius 1 is 1.25 bits per heavy atom. The van der Waals surface area contributed by atoms with Crippen LogP contribution in [0.2, 0.25) is 0 Å². The Labute approximate surface area is 75.8 Å². The summed E-state index contributed by atoms with van der Waals surface area (Å²) in [5.41, 5.74) is 0.257. The number of rotatable bonds is 0. The molecule has 1 saturated heterocycles. The average molecular weight is 168 g/mol. The number of likely N-dealkylation sites (N-methyl/N-ethyl adjacent to an activating group) is 1. The molecule has 0 atom stereocenters. The second-order valence-corrected chi connectivity index (χ2v) is 4.39. The molecule has 0 saturated carbocycles. The molecule has 0 aromatic rings. The summed E-state index contributed by atoms with van der Waals surface area (Å²) < 4.78 is 0. The molecule has 70 valence electrons. The van der Waals surface area contributed by atoms with Gasteiger partial charge in [0, 0.05) is 25.7 Å². The van der Waals surface area contributed by atoms with Crippen molar-refractivity contribution in [1.29, 1.82) is 0 Å².